The summed E-state index contributed by atoms with van der Waals surface area (Å²) in [4.78, 5) is 7.78. The molecule has 0 spiro atoms. The standard InChI is InChI=1S/C9H14BrN3O2S/c1-7(2)3-4-16(14,15)13-9-6-11-8(10)5-12-9/h5-7H,3-4H2,1-2H3,(H,12,13). The van der Waals surface area contributed by atoms with Gasteiger partial charge in [-0.15, -0.1) is 0 Å². The molecule has 7 heteroatoms. The monoisotopic (exact) mass is 307 g/mol. The Morgan fingerprint density at radius 3 is 2.56 bits per heavy atom. The Kier molecular flexibility index (Phi) is 4.67. The average molecular weight is 308 g/mol. The molecule has 0 aliphatic heterocycles. The van der Waals surface area contributed by atoms with Crippen LogP contribution >= 0.6 is 15.9 Å². The number of hydrogen-bond donors (Lipinski definition) is 1. The topological polar surface area (TPSA) is 72.0 Å². The lowest BCUT2D eigenvalue weighted by Gasteiger charge is -2.08. The molecule has 1 N–H and O–H groups in total. The van der Waals surface area contributed by atoms with E-state index in [9.17, 15) is 8.42 Å². The highest BCUT2D eigenvalue weighted by molar-refractivity contribution is 9.10. The second-order valence-corrected chi connectivity index (χ2v) is 6.48. The van der Waals surface area contributed by atoms with Gasteiger partial charge in [0, 0.05) is 0 Å². The highest BCUT2D eigenvalue weighted by atomic mass is 79.9. The Hall–Kier alpha value is -0.690. The third-order valence-electron chi connectivity index (χ3n) is 1.84. The smallest absolute Gasteiger partial charge is 0.233 e. The molecule has 0 radical (unpaired) electrons. The fraction of sp³-hybridized carbons (Fsp3) is 0.556. The van der Waals surface area contributed by atoms with Crippen LogP contribution in [-0.4, -0.2) is 24.1 Å². The molecule has 0 saturated carbocycles. The predicted molar refractivity (Wildman–Crippen MR) is 66.6 cm³/mol. The molecule has 1 heterocycles. The summed E-state index contributed by atoms with van der Waals surface area (Å²) in [6, 6.07) is 0. The Bertz CT molecular complexity index is 431. The van der Waals surface area contributed by atoms with Crippen LogP contribution in [0.4, 0.5) is 5.82 Å². The first-order chi connectivity index (χ1) is 7.39. The van der Waals surface area contributed by atoms with Crippen LogP contribution in [0.3, 0.4) is 0 Å². The number of nitrogens with one attached hydrogen (secondary N) is 1. The van der Waals surface area contributed by atoms with Gasteiger partial charge in [-0.3, -0.25) is 4.72 Å². The van der Waals surface area contributed by atoms with E-state index in [-0.39, 0.29) is 11.6 Å². The van der Waals surface area contributed by atoms with Gasteiger partial charge in [0.25, 0.3) is 0 Å². The molecule has 0 unspecified atom stereocenters. The van der Waals surface area contributed by atoms with Crippen LogP contribution < -0.4 is 4.72 Å². The van der Waals surface area contributed by atoms with Gasteiger partial charge in [0.15, 0.2) is 5.82 Å². The molecule has 1 aromatic rings. The zero-order valence-corrected chi connectivity index (χ0v) is 11.5. The van der Waals surface area contributed by atoms with Crippen LogP contribution in [0.25, 0.3) is 0 Å². The number of aromatic nitrogens is 2. The summed E-state index contributed by atoms with van der Waals surface area (Å²) in [6.45, 7) is 3.96. The third kappa shape index (κ3) is 4.89. The second-order valence-electron chi connectivity index (χ2n) is 3.83. The minimum atomic E-state index is -3.31. The SMILES string of the molecule is CC(C)CCS(=O)(=O)Nc1cnc(Br)cn1. The van der Waals surface area contributed by atoms with Crippen molar-refractivity contribution >= 4 is 31.8 Å². The molecule has 0 aliphatic carbocycles. The molecule has 0 aliphatic rings. The van der Waals surface area contributed by atoms with Crippen molar-refractivity contribution in [3.05, 3.63) is 17.0 Å². The Balaban J connectivity index is 2.62. The zero-order valence-electron chi connectivity index (χ0n) is 9.14. The molecule has 5 nitrogen and oxygen atoms in total. The molecule has 0 amide bonds. The van der Waals surface area contributed by atoms with E-state index in [0.717, 1.165) is 0 Å². The first-order valence-electron chi connectivity index (χ1n) is 4.87. The summed E-state index contributed by atoms with van der Waals surface area (Å²) in [5.74, 6) is 0.696. The largest absolute Gasteiger partial charge is 0.266 e. The van der Waals surface area contributed by atoms with Crippen LogP contribution in [0.1, 0.15) is 20.3 Å². The Morgan fingerprint density at radius 2 is 2.06 bits per heavy atom. The van der Waals surface area contributed by atoms with E-state index in [0.29, 0.717) is 16.9 Å². The van der Waals surface area contributed by atoms with Gasteiger partial charge in [-0.05, 0) is 28.3 Å². The average Bonchev–Trinajstić information content (AvgIpc) is 2.19. The van der Waals surface area contributed by atoms with Crippen LogP contribution in [0.15, 0.2) is 17.0 Å². The number of anilines is 1. The van der Waals surface area contributed by atoms with Crippen molar-refractivity contribution in [2.24, 2.45) is 5.92 Å². The summed E-state index contributed by atoms with van der Waals surface area (Å²) < 4.78 is 26.1. The van der Waals surface area contributed by atoms with Gasteiger partial charge in [0.1, 0.15) is 4.60 Å². The van der Waals surface area contributed by atoms with Crippen molar-refractivity contribution in [1.82, 2.24) is 9.97 Å². The maximum absolute atomic E-state index is 11.6. The van der Waals surface area contributed by atoms with E-state index < -0.39 is 10.0 Å². The zero-order chi connectivity index (χ0) is 12.2. The van der Waals surface area contributed by atoms with Gasteiger partial charge < -0.3 is 0 Å². The van der Waals surface area contributed by atoms with Crippen LogP contribution in [-0.2, 0) is 10.0 Å². The van der Waals surface area contributed by atoms with Gasteiger partial charge in [0.2, 0.25) is 10.0 Å². The van der Waals surface area contributed by atoms with Gasteiger partial charge in [-0.25, -0.2) is 18.4 Å². The lowest BCUT2D eigenvalue weighted by atomic mass is 10.2. The van der Waals surface area contributed by atoms with E-state index in [1.165, 1.54) is 12.4 Å². The summed E-state index contributed by atoms with van der Waals surface area (Å²) in [5, 5.41) is 0. The maximum Gasteiger partial charge on any atom is 0.233 e. The van der Waals surface area contributed by atoms with Crippen LogP contribution in [0.5, 0.6) is 0 Å². The Morgan fingerprint density at radius 1 is 1.38 bits per heavy atom. The molecule has 0 fully saturated rings. The molecule has 1 rings (SSSR count). The highest BCUT2D eigenvalue weighted by Gasteiger charge is 2.12. The summed E-state index contributed by atoms with van der Waals surface area (Å²) in [7, 11) is -3.31. The minimum absolute atomic E-state index is 0.0996. The number of sulfonamides is 1. The molecular weight excluding hydrogens is 294 g/mol. The normalized spacial score (nSPS) is 11.8. The molecular formula is C9H14BrN3O2S. The van der Waals surface area contributed by atoms with Crippen molar-refractivity contribution in [1.29, 1.82) is 0 Å². The van der Waals surface area contributed by atoms with Gasteiger partial charge >= 0.3 is 0 Å². The fourth-order valence-electron chi connectivity index (χ4n) is 0.966. The van der Waals surface area contributed by atoms with E-state index >= 15 is 0 Å². The third-order valence-corrected chi connectivity index (χ3v) is 3.55. The van der Waals surface area contributed by atoms with E-state index in [1.54, 1.807) is 0 Å². The quantitative estimate of drug-likeness (QED) is 0.903. The first-order valence-corrected chi connectivity index (χ1v) is 7.31. The predicted octanol–water partition coefficient (Wildman–Crippen LogP) is 2.03. The molecule has 0 aromatic carbocycles. The molecule has 90 valence electrons. The van der Waals surface area contributed by atoms with E-state index in [4.69, 9.17) is 0 Å². The summed E-state index contributed by atoms with van der Waals surface area (Å²) in [6.07, 6.45) is 3.44. The summed E-state index contributed by atoms with van der Waals surface area (Å²) in [5.41, 5.74) is 0. The van der Waals surface area contributed by atoms with E-state index in [1.807, 2.05) is 13.8 Å². The molecule has 0 atom stereocenters. The lowest BCUT2D eigenvalue weighted by molar-refractivity contribution is 0.577. The van der Waals surface area contributed by atoms with Crippen molar-refractivity contribution in [3.63, 3.8) is 0 Å². The summed E-state index contributed by atoms with van der Waals surface area (Å²) >= 11 is 3.12. The number of rotatable bonds is 5. The van der Waals surface area contributed by atoms with Crippen LogP contribution in [0.2, 0.25) is 0 Å². The number of halogens is 1. The highest BCUT2D eigenvalue weighted by Crippen LogP contribution is 2.09. The van der Waals surface area contributed by atoms with Crippen LogP contribution in [0, 0.1) is 5.92 Å². The first kappa shape index (κ1) is 13.4. The minimum Gasteiger partial charge on any atom is -0.266 e. The van der Waals surface area contributed by atoms with E-state index in [2.05, 4.69) is 30.6 Å². The van der Waals surface area contributed by atoms with Crippen molar-refractivity contribution < 1.29 is 8.42 Å². The molecule has 0 saturated heterocycles. The fourth-order valence-corrected chi connectivity index (χ4v) is 2.48. The van der Waals surface area contributed by atoms with Gasteiger partial charge in [0.05, 0.1) is 18.1 Å². The van der Waals surface area contributed by atoms with Crippen molar-refractivity contribution in [3.8, 4) is 0 Å². The van der Waals surface area contributed by atoms with Gasteiger partial charge in [-0.1, -0.05) is 13.8 Å². The van der Waals surface area contributed by atoms with Crippen molar-refractivity contribution in [2.75, 3.05) is 10.5 Å². The second kappa shape index (κ2) is 5.58. The molecule has 16 heavy (non-hydrogen) atoms. The number of nitrogens with zero attached hydrogens (tertiary/aromatic N) is 2. The Labute approximate surface area is 104 Å². The maximum atomic E-state index is 11.6. The molecule has 0 bridgehead atoms. The molecule has 1 aromatic heterocycles. The lowest BCUT2D eigenvalue weighted by Crippen LogP contribution is -2.18. The number of hydrogen-bond acceptors (Lipinski definition) is 4. The van der Waals surface area contributed by atoms with Gasteiger partial charge in [-0.2, -0.15) is 0 Å². The van der Waals surface area contributed by atoms with Crippen molar-refractivity contribution in [2.45, 2.75) is 20.3 Å².